The summed E-state index contributed by atoms with van der Waals surface area (Å²) in [7, 11) is -1.08. The number of benzene rings is 1. The molecule has 0 amide bonds. The van der Waals surface area contributed by atoms with E-state index in [2.05, 4.69) is 0 Å². The van der Waals surface area contributed by atoms with Crippen LogP contribution in [0.25, 0.3) is 0 Å². The molecule has 1 aliphatic heterocycles. The summed E-state index contributed by atoms with van der Waals surface area (Å²) in [6.07, 6.45) is 0.803. The summed E-state index contributed by atoms with van der Waals surface area (Å²) in [6.45, 7) is 3.53. The van der Waals surface area contributed by atoms with Gasteiger partial charge >= 0.3 is 0 Å². The summed E-state index contributed by atoms with van der Waals surface area (Å²) < 4.78 is 23.1. The lowest BCUT2D eigenvalue weighted by Crippen LogP contribution is -2.24. The lowest BCUT2D eigenvalue weighted by atomic mass is 10.3. The third-order valence-electron chi connectivity index (χ3n) is 2.77. The zero-order valence-electron chi connectivity index (χ0n) is 9.85. The van der Waals surface area contributed by atoms with Crippen molar-refractivity contribution in [2.75, 3.05) is 19.8 Å². The maximum Gasteiger partial charge on any atom is 0.162 e. The topological polar surface area (TPSA) is 61.6 Å². The number of fused-ring (bicyclic) bond motifs is 1. The largest absolute Gasteiger partial charge is 0.486 e. The molecule has 1 heterocycles. The third kappa shape index (κ3) is 2.61. The first-order valence-electron chi connectivity index (χ1n) is 5.76. The lowest BCUT2D eigenvalue weighted by Gasteiger charge is -2.19. The molecule has 0 radical (unpaired) electrons. The van der Waals surface area contributed by atoms with Gasteiger partial charge in [0.1, 0.15) is 13.2 Å². The van der Waals surface area contributed by atoms with E-state index in [1.165, 1.54) is 0 Å². The number of ether oxygens (including phenoxy) is 2. The van der Waals surface area contributed by atoms with E-state index >= 15 is 0 Å². The molecule has 2 unspecified atom stereocenters. The van der Waals surface area contributed by atoms with E-state index in [9.17, 15) is 4.21 Å². The molecule has 94 valence electrons. The average molecular weight is 255 g/mol. The minimum atomic E-state index is -1.08. The minimum absolute atomic E-state index is 0.00226. The van der Waals surface area contributed by atoms with Crippen LogP contribution in [0.1, 0.15) is 13.3 Å². The Kier molecular flexibility index (Phi) is 4.02. The van der Waals surface area contributed by atoms with Gasteiger partial charge in [-0.3, -0.25) is 4.21 Å². The number of hydrogen-bond acceptors (Lipinski definition) is 4. The van der Waals surface area contributed by atoms with E-state index in [0.717, 1.165) is 17.1 Å². The highest BCUT2D eigenvalue weighted by Gasteiger charge is 2.18. The molecular weight excluding hydrogens is 238 g/mol. The van der Waals surface area contributed by atoms with Gasteiger partial charge in [-0.05, 0) is 18.6 Å². The van der Waals surface area contributed by atoms with Gasteiger partial charge in [-0.15, -0.1) is 0 Å². The Morgan fingerprint density at radius 3 is 2.71 bits per heavy atom. The van der Waals surface area contributed by atoms with Gasteiger partial charge in [0.25, 0.3) is 0 Å². The van der Waals surface area contributed by atoms with Gasteiger partial charge in [-0.25, -0.2) is 0 Å². The molecule has 17 heavy (non-hydrogen) atoms. The smallest absolute Gasteiger partial charge is 0.162 e. The summed E-state index contributed by atoms with van der Waals surface area (Å²) >= 11 is 0. The van der Waals surface area contributed by atoms with Crippen molar-refractivity contribution >= 4 is 10.8 Å². The molecule has 4 nitrogen and oxygen atoms in total. The summed E-state index contributed by atoms with van der Waals surface area (Å²) in [5, 5.41) is -0.00226. The van der Waals surface area contributed by atoms with Crippen LogP contribution >= 0.6 is 0 Å². The van der Waals surface area contributed by atoms with E-state index in [0.29, 0.717) is 25.5 Å². The Bertz CT molecular complexity index is 418. The van der Waals surface area contributed by atoms with Crippen LogP contribution in [-0.4, -0.2) is 29.2 Å². The number of hydrogen-bond donors (Lipinski definition) is 1. The van der Waals surface area contributed by atoms with Crippen LogP contribution in [0, 0.1) is 0 Å². The van der Waals surface area contributed by atoms with Gasteiger partial charge in [0.2, 0.25) is 0 Å². The Hall–Kier alpha value is -1.07. The molecule has 0 bridgehead atoms. The van der Waals surface area contributed by atoms with Gasteiger partial charge < -0.3 is 15.2 Å². The highest BCUT2D eigenvalue weighted by Crippen LogP contribution is 2.32. The van der Waals surface area contributed by atoms with Gasteiger partial charge in [-0.2, -0.15) is 0 Å². The van der Waals surface area contributed by atoms with E-state index in [1.807, 2.05) is 19.1 Å². The maximum absolute atomic E-state index is 12.2. The van der Waals surface area contributed by atoms with Crippen molar-refractivity contribution < 1.29 is 13.7 Å². The molecule has 1 aromatic rings. The van der Waals surface area contributed by atoms with Crippen molar-refractivity contribution in [2.45, 2.75) is 23.5 Å². The van der Waals surface area contributed by atoms with Crippen LogP contribution in [0.4, 0.5) is 0 Å². The van der Waals surface area contributed by atoms with Crippen LogP contribution < -0.4 is 15.2 Å². The summed E-state index contributed by atoms with van der Waals surface area (Å²) in [5.41, 5.74) is 5.61. The van der Waals surface area contributed by atoms with Crippen molar-refractivity contribution in [3.8, 4) is 11.5 Å². The number of rotatable bonds is 4. The van der Waals surface area contributed by atoms with Gasteiger partial charge in [0.05, 0.1) is 16.0 Å². The minimum Gasteiger partial charge on any atom is -0.486 e. The Labute approximate surface area is 104 Å². The Morgan fingerprint density at radius 2 is 2.06 bits per heavy atom. The zero-order chi connectivity index (χ0) is 12.3. The molecule has 2 atom stereocenters. The van der Waals surface area contributed by atoms with Crippen LogP contribution in [0.3, 0.4) is 0 Å². The van der Waals surface area contributed by atoms with Crippen molar-refractivity contribution in [1.82, 2.24) is 0 Å². The first-order chi connectivity index (χ1) is 8.26. The molecule has 2 N–H and O–H groups in total. The van der Waals surface area contributed by atoms with Crippen molar-refractivity contribution in [2.24, 2.45) is 5.73 Å². The molecule has 0 fully saturated rings. The first kappa shape index (κ1) is 12.4. The van der Waals surface area contributed by atoms with E-state index in [-0.39, 0.29) is 5.25 Å². The maximum atomic E-state index is 12.2. The number of nitrogens with two attached hydrogens (primary N) is 1. The average Bonchev–Trinajstić information content (AvgIpc) is 2.39. The quantitative estimate of drug-likeness (QED) is 0.881. The van der Waals surface area contributed by atoms with Crippen LogP contribution in [0.2, 0.25) is 0 Å². The van der Waals surface area contributed by atoms with Crippen LogP contribution in [-0.2, 0) is 10.8 Å². The highest BCUT2D eigenvalue weighted by molar-refractivity contribution is 7.85. The first-order valence-corrected chi connectivity index (χ1v) is 6.97. The predicted molar refractivity (Wildman–Crippen MR) is 67.0 cm³/mol. The molecule has 0 spiro atoms. The Morgan fingerprint density at radius 1 is 1.35 bits per heavy atom. The van der Waals surface area contributed by atoms with Crippen molar-refractivity contribution in [3.05, 3.63) is 18.2 Å². The molecule has 5 heteroatoms. The fraction of sp³-hybridized carbons (Fsp3) is 0.500. The van der Waals surface area contributed by atoms with E-state index < -0.39 is 10.8 Å². The van der Waals surface area contributed by atoms with Crippen molar-refractivity contribution in [1.29, 1.82) is 0 Å². The predicted octanol–water partition coefficient (Wildman–Crippen LogP) is 1.30. The van der Waals surface area contributed by atoms with Gasteiger partial charge in [0, 0.05) is 17.5 Å². The van der Waals surface area contributed by atoms with Crippen molar-refractivity contribution in [3.63, 3.8) is 0 Å². The fourth-order valence-corrected chi connectivity index (χ4v) is 3.03. The Balaban J connectivity index is 2.24. The molecule has 0 saturated carbocycles. The molecule has 0 saturated heterocycles. The van der Waals surface area contributed by atoms with E-state index in [1.54, 1.807) is 6.07 Å². The molecule has 0 aromatic heterocycles. The standard InChI is InChI=1S/C12H17NO3S/c1-2-9(8-13)17(14)10-3-4-11-12(7-10)16-6-5-15-11/h3-4,7,9H,2,5-6,8,13H2,1H3. The SMILES string of the molecule is CCC(CN)S(=O)c1ccc2c(c1)OCCO2. The van der Waals surface area contributed by atoms with Crippen LogP contribution in [0.15, 0.2) is 23.1 Å². The third-order valence-corrected chi connectivity index (χ3v) is 4.62. The molecular formula is C12H17NO3S. The normalized spacial score (nSPS) is 17.5. The zero-order valence-corrected chi connectivity index (χ0v) is 10.7. The van der Waals surface area contributed by atoms with Gasteiger partial charge in [-0.1, -0.05) is 6.92 Å². The second-order valence-corrected chi connectivity index (χ2v) is 5.60. The lowest BCUT2D eigenvalue weighted by molar-refractivity contribution is 0.171. The summed E-state index contributed by atoms with van der Waals surface area (Å²) in [4.78, 5) is 0.756. The molecule has 1 aliphatic rings. The monoisotopic (exact) mass is 255 g/mol. The second kappa shape index (κ2) is 5.51. The highest BCUT2D eigenvalue weighted by atomic mass is 32.2. The summed E-state index contributed by atoms with van der Waals surface area (Å²) in [5.74, 6) is 1.40. The van der Waals surface area contributed by atoms with Gasteiger partial charge in [0.15, 0.2) is 11.5 Å². The molecule has 0 aliphatic carbocycles. The molecule has 1 aromatic carbocycles. The van der Waals surface area contributed by atoms with Crippen LogP contribution in [0.5, 0.6) is 11.5 Å². The summed E-state index contributed by atoms with van der Waals surface area (Å²) in [6, 6.07) is 5.43. The fourth-order valence-electron chi connectivity index (χ4n) is 1.75. The van der Waals surface area contributed by atoms with E-state index in [4.69, 9.17) is 15.2 Å². The molecule has 2 rings (SSSR count). The second-order valence-electron chi connectivity index (χ2n) is 3.87.